The third kappa shape index (κ3) is 12.3. The van der Waals surface area contributed by atoms with Crippen LogP contribution in [0.3, 0.4) is 0 Å². The number of anilines is 1. The number of thiazole rings is 2. The van der Waals surface area contributed by atoms with E-state index in [-0.39, 0.29) is 76.3 Å². The van der Waals surface area contributed by atoms with Gasteiger partial charge in [0.15, 0.2) is 17.3 Å². The fourth-order valence-electron chi connectivity index (χ4n) is 6.24. The Labute approximate surface area is 384 Å². The van der Waals surface area contributed by atoms with Crippen molar-refractivity contribution in [1.29, 1.82) is 0 Å². The summed E-state index contributed by atoms with van der Waals surface area (Å²) < 4.78 is 7.97. The molecule has 7 rings (SSSR count). The number of hydrogen-bond acceptors (Lipinski definition) is 16. The maximum Gasteiger partial charge on any atom is 0.319 e. The quantitative estimate of drug-likeness (QED) is 0.0785. The van der Waals surface area contributed by atoms with Crippen LogP contribution in [0.2, 0.25) is 0 Å². The Morgan fingerprint density at radius 2 is 1.33 bits per heavy atom. The molecule has 2 N–H and O–H groups in total. The summed E-state index contributed by atoms with van der Waals surface area (Å²) in [5.41, 5.74) is 6.41. The van der Waals surface area contributed by atoms with E-state index in [9.17, 15) is 40.0 Å². The third-order valence-electron chi connectivity index (χ3n) is 9.41. The van der Waals surface area contributed by atoms with Crippen LogP contribution in [0.4, 0.5) is 21.4 Å². The smallest absolute Gasteiger partial charge is 0.319 e. The van der Waals surface area contributed by atoms with E-state index in [2.05, 4.69) is 129 Å². The van der Waals surface area contributed by atoms with Gasteiger partial charge in [0, 0.05) is 99.0 Å². The minimum absolute atomic E-state index is 0. The van der Waals surface area contributed by atoms with Crippen molar-refractivity contribution in [2.45, 2.75) is 33.1 Å². The molecule has 0 fully saturated rings. The summed E-state index contributed by atoms with van der Waals surface area (Å²) in [7, 11) is 3.89. The van der Waals surface area contributed by atoms with Gasteiger partial charge in [-0.05, 0) is 70.2 Å². The van der Waals surface area contributed by atoms with E-state index in [1.807, 2.05) is 0 Å². The largest absolute Gasteiger partial charge is 0.506 e. The molecule has 2 aromatic carbocycles. The van der Waals surface area contributed by atoms with Gasteiger partial charge in [-0.2, -0.15) is 4.58 Å². The van der Waals surface area contributed by atoms with Crippen molar-refractivity contribution in [2.75, 3.05) is 32.1 Å². The number of benzene rings is 2. The number of fused-ring (bicyclic) bond motifs is 1. The average molecular weight is 953 g/mol. The Balaban J connectivity index is 0.000000216. The van der Waals surface area contributed by atoms with E-state index >= 15 is 0 Å². The summed E-state index contributed by atoms with van der Waals surface area (Å²) in [5.74, 6) is -0.408. The van der Waals surface area contributed by atoms with Gasteiger partial charge in [0.1, 0.15) is 35.7 Å². The summed E-state index contributed by atoms with van der Waals surface area (Å²) in [6.45, 7) is 10.9. The summed E-state index contributed by atoms with van der Waals surface area (Å²) in [6, 6.07) is 15.1. The number of ketones is 2. The molecule has 0 saturated heterocycles. The molecular weight excluding hydrogens is 912 g/mol. The Morgan fingerprint density at radius 1 is 0.812 bits per heavy atom. The molecule has 2 aromatic heterocycles. The van der Waals surface area contributed by atoms with Gasteiger partial charge >= 0.3 is 10.0 Å². The predicted octanol–water partition coefficient (Wildman–Crippen LogP) is 6.16. The predicted molar refractivity (Wildman–Crippen MR) is 240 cm³/mol. The number of aromatic nitrogens is 2. The number of aliphatic hydroxyl groups is 2. The van der Waals surface area contributed by atoms with E-state index in [1.54, 1.807) is 7.11 Å². The minimum atomic E-state index is -0.583. The number of methoxy groups -OCH3 is 1. The molecule has 0 bridgehead atoms. The Hall–Kier alpha value is -7.14. The number of aliphatic hydroxyl groups excluding tert-OH is 2. The van der Waals surface area contributed by atoms with Crippen molar-refractivity contribution in [3.05, 3.63) is 150 Å². The number of carbonyl (C=O) groups excluding carboxylic acids is 2. The summed E-state index contributed by atoms with van der Waals surface area (Å²) in [4.78, 5) is 51.3. The molecule has 3 aliphatic rings. The molecule has 64 heavy (non-hydrogen) atoms. The van der Waals surface area contributed by atoms with Gasteiger partial charge in [-0.15, -0.1) is 0 Å². The Morgan fingerprint density at radius 3 is 1.77 bits per heavy atom. The van der Waals surface area contributed by atoms with Gasteiger partial charge in [-0.1, -0.05) is 40.9 Å². The van der Waals surface area contributed by atoms with Crippen molar-refractivity contribution in [2.24, 2.45) is 20.4 Å². The normalized spacial score (nSPS) is 16.7. The van der Waals surface area contributed by atoms with Crippen molar-refractivity contribution in [3.63, 3.8) is 0 Å². The van der Waals surface area contributed by atoms with Crippen LogP contribution in [0.1, 0.15) is 38.8 Å². The number of nitrogens with zero attached hydrogens (tertiary/aromatic N) is 10. The van der Waals surface area contributed by atoms with E-state index in [1.165, 1.54) is 47.0 Å². The number of ether oxygens (including phenoxy) is 1. The van der Waals surface area contributed by atoms with Crippen LogP contribution >= 0.6 is 22.7 Å². The van der Waals surface area contributed by atoms with Gasteiger partial charge in [0.2, 0.25) is 5.69 Å². The SMILES string of the molecule is CCN(CC)c1ccc(/C=C/C2=[N+](C)c3ccccc3C2(C)C)c(OC)c1.O=C1C=CC(=NN=c2[n-]cc([N+](=O)[O-])s2)C(O)=C1.O=C1C=CC(=NN=c2[n-]cc([N+](=O)[O-])s2)C(O)=C1.[Co]. The second-order valence-electron chi connectivity index (χ2n) is 13.7. The van der Waals surface area contributed by atoms with Crippen molar-refractivity contribution in [3.8, 4) is 5.75 Å². The van der Waals surface area contributed by atoms with Gasteiger partial charge < -0.3 is 40.0 Å². The number of rotatable bonds is 10. The molecule has 4 aromatic rings. The number of carbonyl (C=O) groups is 2. The molecule has 0 spiro atoms. The number of allylic oxidation sites excluding steroid dienone is 7. The van der Waals surface area contributed by atoms with Gasteiger partial charge in [-0.3, -0.25) is 40.0 Å². The van der Waals surface area contributed by atoms with Gasteiger partial charge in [-0.25, -0.2) is 0 Å². The molecule has 2 aliphatic carbocycles. The second-order valence-corrected chi connectivity index (χ2v) is 15.7. The monoisotopic (exact) mass is 952 g/mol. The number of nitro groups is 2. The van der Waals surface area contributed by atoms with Crippen LogP contribution in [-0.2, 0) is 31.8 Å². The topological polar surface area (TPSA) is 254 Å². The zero-order chi connectivity index (χ0) is 45.8. The van der Waals surface area contributed by atoms with E-state index in [0.717, 1.165) is 71.6 Å². The first kappa shape index (κ1) is 49.5. The number of hydrogen-bond donors (Lipinski definition) is 2. The number of para-hydroxylation sites is 1. The fourth-order valence-corrected chi connectivity index (χ4v) is 7.35. The molecule has 0 saturated carbocycles. The molecule has 0 amide bonds. The Bertz CT molecular complexity index is 2720. The first-order chi connectivity index (χ1) is 30.1. The second kappa shape index (κ2) is 22.3. The molecule has 1 aliphatic heterocycles. The summed E-state index contributed by atoms with van der Waals surface area (Å²) >= 11 is 1.51. The molecular formula is C42H41CoN10O9S2-. The average Bonchev–Trinajstić information content (AvgIpc) is 3.99. The van der Waals surface area contributed by atoms with E-state index < -0.39 is 9.85 Å². The van der Waals surface area contributed by atoms with E-state index in [4.69, 9.17) is 4.74 Å². The first-order valence-corrected chi connectivity index (χ1v) is 20.5. The van der Waals surface area contributed by atoms with Crippen molar-refractivity contribution < 1.29 is 55.7 Å². The van der Waals surface area contributed by atoms with E-state index in [0.29, 0.717) is 0 Å². The van der Waals surface area contributed by atoms with Gasteiger partial charge in [0.25, 0.3) is 0 Å². The maximum atomic E-state index is 10.9. The molecule has 335 valence electrons. The minimum Gasteiger partial charge on any atom is -0.506 e. The molecule has 22 heteroatoms. The maximum absolute atomic E-state index is 10.9. The zero-order valence-corrected chi connectivity index (χ0v) is 37.8. The van der Waals surface area contributed by atoms with Crippen LogP contribution in [0.15, 0.2) is 129 Å². The molecule has 1 radical (unpaired) electrons. The first-order valence-electron chi connectivity index (χ1n) is 18.9. The zero-order valence-electron chi connectivity index (χ0n) is 35.1. The molecule has 3 heterocycles. The molecule has 0 unspecified atom stereocenters. The van der Waals surface area contributed by atoms with Gasteiger partial charge in [0.05, 0.1) is 22.4 Å². The van der Waals surface area contributed by atoms with Crippen LogP contribution < -0.4 is 29.2 Å². The van der Waals surface area contributed by atoms with Crippen molar-refractivity contribution in [1.82, 2.24) is 9.97 Å². The summed E-state index contributed by atoms with van der Waals surface area (Å²) in [5, 5.41) is 53.9. The summed E-state index contributed by atoms with van der Waals surface area (Å²) in [6.07, 6.45) is 13.6. The van der Waals surface area contributed by atoms with Crippen LogP contribution in [0.25, 0.3) is 6.08 Å². The molecule has 19 nitrogen and oxygen atoms in total. The van der Waals surface area contributed by atoms with Crippen LogP contribution in [0.5, 0.6) is 5.75 Å². The fraction of sp³-hybridized carbons (Fsp3) is 0.214. The van der Waals surface area contributed by atoms with Crippen LogP contribution in [-0.4, -0.2) is 80.6 Å². The standard InChI is InChI=1S/C24H31N2O.2C9H6N4O4S.Co/c1-7-26(8-2)19-15-13-18(22(17-19)27-6)14-16-23-24(3,4)20-11-9-10-12-21(20)25(23)5;2*14-5-1-2-6(7(15)3-5)11-12-9-10-4-8(18-9)13(16)17;/h9-17H,7-8H2,1-6H3;2*1-4H,(H2,10,12,14,15);/q+1;;;/p-2. The molecule has 0 atom stereocenters. The Kier molecular flexibility index (Phi) is 17.2. The van der Waals surface area contributed by atoms with Crippen molar-refractivity contribution >= 4 is 78.8 Å². The third-order valence-corrected chi connectivity index (χ3v) is 11.1. The van der Waals surface area contributed by atoms with Crippen LogP contribution in [0, 0.1) is 20.2 Å².